The highest BCUT2D eigenvalue weighted by atomic mass is 32.2. The first-order valence-electron chi connectivity index (χ1n) is 9.72. The lowest BCUT2D eigenvalue weighted by atomic mass is 10.1. The molecule has 34 heavy (non-hydrogen) atoms. The van der Waals surface area contributed by atoms with Gasteiger partial charge in [0.05, 0.1) is 17.7 Å². The standard InChI is InChI=1S/C22H21FN6O4S/c1-22(2,30)11-10-20(25)29-19(24)9-8-17(27-29)14-12-18(21(33-3)26-13-14)28-34(31,32)16-6-4-15(23)5-7-16/h4-9,12-13,24-25,28,30H,1-3H3. The van der Waals surface area contributed by atoms with Crippen molar-refractivity contribution >= 4 is 21.5 Å². The van der Waals surface area contributed by atoms with E-state index in [-0.39, 0.29) is 33.5 Å². The molecule has 3 rings (SSSR count). The molecule has 0 bridgehead atoms. The number of halogens is 1. The van der Waals surface area contributed by atoms with Gasteiger partial charge in [-0.05, 0) is 62.2 Å². The summed E-state index contributed by atoms with van der Waals surface area (Å²) < 4.78 is 47.2. The third-order valence-electron chi connectivity index (χ3n) is 4.24. The number of ether oxygens (including phenoxy) is 1. The van der Waals surface area contributed by atoms with Crippen molar-refractivity contribution < 1.29 is 22.7 Å². The molecule has 0 aliphatic heterocycles. The van der Waals surface area contributed by atoms with Crippen LogP contribution in [0.2, 0.25) is 0 Å². The third kappa shape index (κ3) is 5.83. The number of aliphatic hydroxyl groups is 1. The Labute approximate surface area is 195 Å². The van der Waals surface area contributed by atoms with Crippen LogP contribution in [-0.2, 0) is 10.0 Å². The van der Waals surface area contributed by atoms with Gasteiger partial charge < -0.3 is 9.84 Å². The van der Waals surface area contributed by atoms with Crippen LogP contribution in [0.25, 0.3) is 11.3 Å². The number of aromatic nitrogens is 3. The molecule has 0 saturated heterocycles. The van der Waals surface area contributed by atoms with Gasteiger partial charge in [0.25, 0.3) is 10.0 Å². The largest absolute Gasteiger partial charge is 0.480 e. The molecule has 1 aromatic carbocycles. The second kappa shape index (κ2) is 9.42. The first-order chi connectivity index (χ1) is 15.9. The van der Waals surface area contributed by atoms with Crippen LogP contribution in [0.15, 0.2) is 53.6 Å². The molecule has 2 heterocycles. The maximum Gasteiger partial charge on any atom is 0.262 e. The molecule has 0 aliphatic carbocycles. The molecule has 0 amide bonds. The van der Waals surface area contributed by atoms with Crippen LogP contribution in [0, 0.1) is 28.5 Å². The second-order valence-electron chi connectivity index (χ2n) is 7.51. The molecule has 0 unspecified atom stereocenters. The Bertz CT molecular complexity index is 1470. The highest BCUT2D eigenvalue weighted by molar-refractivity contribution is 7.92. The Morgan fingerprint density at radius 3 is 2.53 bits per heavy atom. The molecule has 4 N–H and O–H groups in total. The minimum atomic E-state index is -4.08. The minimum Gasteiger partial charge on any atom is -0.480 e. The average molecular weight is 485 g/mol. The van der Waals surface area contributed by atoms with Gasteiger partial charge in [0.15, 0.2) is 0 Å². The fraction of sp³-hybridized carbons (Fsp3) is 0.182. The van der Waals surface area contributed by atoms with Gasteiger partial charge in [0.2, 0.25) is 11.7 Å². The van der Waals surface area contributed by atoms with E-state index < -0.39 is 21.4 Å². The van der Waals surface area contributed by atoms with Crippen LogP contribution >= 0.6 is 0 Å². The summed E-state index contributed by atoms with van der Waals surface area (Å²) in [5.74, 6) is 4.01. The Morgan fingerprint density at radius 2 is 1.91 bits per heavy atom. The van der Waals surface area contributed by atoms with E-state index in [1.165, 1.54) is 45.4 Å². The molecule has 10 nitrogen and oxygen atoms in total. The Hall–Kier alpha value is -4.08. The van der Waals surface area contributed by atoms with E-state index in [1.54, 1.807) is 0 Å². The van der Waals surface area contributed by atoms with Crippen molar-refractivity contribution in [2.45, 2.75) is 24.3 Å². The van der Waals surface area contributed by atoms with E-state index in [4.69, 9.17) is 15.6 Å². The number of pyridine rings is 1. The smallest absolute Gasteiger partial charge is 0.262 e. The summed E-state index contributed by atoms with van der Waals surface area (Å²) in [5, 5.41) is 30.1. The van der Waals surface area contributed by atoms with Crippen LogP contribution in [0.4, 0.5) is 10.1 Å². The molecule has 3 aromatic rings. The fourth-order valence-electron chi connectivity index (χ4n) is 2.66. The molecule has 12 heteroatoms. The van der Waals surface area contributed by atoms with Gasteiger partial charge in [-0.3, -0.25) is 15.5 Å². The normalized spacial score (nSPS) is 11.3. The first-order valence-corrected chi connectivity index (χ1v) is 11.2. The van der Waals surface area contributed by atoms with E-state index in [2.05, 4.69) is 26.6 Å². The van der Waals surface area contributed by atoms with Gasteiger partial charge in [-0.15, -0.1) is 0 Å². The number of nitrogens with zero attached hydrogens (tertiary/aromatic N) is 3. The average Bonchev–Trinajstić information content (AvgIpc) is 2.77. The fourth-order valence-corrected chi connectivity index (χ4v) is 3.71. The van der Waals surface area contributed by atoms with Crippen LogP contribution in [-0.4, -0.2) is 46.8 Å². The Balaban J connectivity index is 2.01. The summed E-state index contributed by atoms with van der Waals surface area (Å²) in [6.45, 7) is 2.92. The lowest BCUT2D eigenvalue weighted by molar-refractivity contribution is 0.143. The molecular formula is C22H21FN6O4S. The lowest BCUT2D eigenvalue weighted by Gasteiger charge is -2.13. The number of sulfonamides is 1. The maximum absolute atomic E-state index is 13.2. The summed E-state index contributed by atoms with van der Waals surface area (Å²) >= 11 is 0. The quantitative estimate of drug-likeness (QED) is 0.247. The first kappa shape index (κ1) is 24.6. The zero-order valence-corrected chi connectivity index (χ0v) is 19.2. The lowest BCUT2D eigenvalue weighted by Crippen LogP contribution is -2.28. The summed E-state index contributed by atoms with van der Waals surface area (Å²) in [7, 11) is -2.76. The molecule has 0 saturated carbocycles. The summed E-state index contributed by atoms with van der Waals surface area (Å²) in [4.78, 5) is 3.95. The van der Waals surface area contributed by atoms with Crippen molar-refractivity contribution in [2.75, 3.05) is 11.8 Å². The number of anilines is 1. The van der Waals surface area contributed by atoms with E-state index in [0.717, 1.165) is 28.9 Å². The zero-order valence-electron chi connectivity index (χ0n) is 18.4. The van der Waals surface area contributed by atoms with Crippen molar-refractivity contribution in [1.82, 2.24) is 14.8 Å². The van der Waals surface area contributed by atoms with Crippen LogP contribution in [0.5, 0.6) is 5.88 Å². The topological polar surface area (TPSA) is 154 Å². The number of nitrogens with one attached hydrogen (secondary N) is 3. The Morgan fingerprint density at radius 1 is 1.24 bits per heavy atom. The van der Waals surface area contributed by atoms with Crippen molar-refractivity contribution in [2.24, 2.45) is 0 Å². The van der Waals surface area contributed by atoms with Crippen LogP contribution in [0.1, 0.15) is 13.8 Å². The Kier molecular flexibility index (Phi) is 6.80. The minimum absolute atomic E-state index is 0.00419. The summed E-state index contributed by atoms with van der Waals surface area (Å²) in [6.07, 6.45) is 1.39. The summed E-state index contributed by atoms with van der Waals surface area (Å²) in [5.41, 5.74) is -0.830. The molecule has 0 aliphatic rings. The predicted octanol–water partition coefficient (Wildman–Crippen LogP) is 1.97. The molecule has 2 aromatic heterocycles. The van der Waals surface area contributed by atoms with E-state index in [0.29, 0.717) is 5.56 Å². The number of benzene rings is 1. The van der Waals surface area contributed by atoms with Gasteiger partial charge in [-0.2, -0.15) is 9.78 Å². The van der Waals surface area contributed by atoms with Crippen molar-refractivity contribution in [3.63, 3.8) is 0 Å². The monoisotopic (exact) mass is 484 g/mol. The molecule has 0 radical (unpaired) electrons. The highest BCUT2D eigenvalue weighted by Crippen LogP contribution is 2.29. The molecular weight excluding hydrogens is 463 g/mol. The van der Waals surface area contributed by atoms with Crippen LogP contribution in [0.3, 0.4) is 0 Å². The van der Waals surface area contributed by atoms with E-state index in [1.807, 2.05) is 0 Å². The molecule has 0 atom stereocenters. The van der Waals surface area contributed by atoms with E-state index >= 15 is 0 Å². The van der Waals surface area contributed by atoms with Gasteiger partial charge in [0.1, 0.15) is 22.6 Å². The molecule has 176 valence electrons. The van der Waals surface area contributed by atoms with Crippen molar-refractivity contribution in [3.05, 3.63) is 60.0 Å². The predicted molar refractivity (Wildman–Crippen MR) is 122 cm³/mol. The van der Waals surface area contributed by atoms with Gasteiger partial charge in [0, 0.05) is 11.8 Å². The SMILES string of the molecule is COc1ncc(-c2ccc(=N)n(C(=N)C#CC(C)(C)O)n2)cc1NS(=O)(=O)c1ccc(F)cc1. The van der Waals surface area contributed by atoms with Crippen molar-refractivity contribution in [3.8, 4) is 29.0 Å². The molecule has 0 spiro atoms. The zero-order chi connectivity index (χ0) is 25.1. The number of rotatable bonds is 5. The maximum atomic E-state index is 13.2. The number of hydrogen-bond donors (Lipinski definition) is 4. The summed E-state index contributed by atoms with van der Waals surface area (Å²) in [6, 6.07) is 8.61. The number of hydrogen-bond acceptors (Lipinski definition) is 8. The van der Waals surface area contributed by atoms with Crippen molar-refractivity contribution in [1.29, 1.82) is 10.8 Å². The third-order valence-corrected chi connectivity index (χ3v) is 5.62. The highest BCUT2D eigenvalue weighted by Gasteiger charge is 2.19. The van der Waals surface area contributed by atoms with E-state index in [9.17, 15) is 17.9 Å². The van der Waals surface area contributed by atoms with Crippen LogP contribution < -0.4 is 14.9 Å². The number of methoxy groups -OCH3 is 1. The van der Waals surface area contributed by atoms with Gasteiger partial charge >= 0.3 is 0 Å². The second-order valence-corrected chi connectivity index (χ2v) is 9.20. The molecule has 0 fully saturated rings. The van der Waals surface area contributed by atoms with Gasteiger partial charge in [-0.25, -0.2) is 17.8 Å². The van der Waals surface area contributed by atoms with Gasteiger partial charge in [-0.1, -0.05) is 5.92 Å².